The molecule has 3 rings (SSSR count). The summed E-state index contributed by atoms with van der Waals surface area (Å²) in [5.74, 6) is -2.00. The van der Waals surface area contributed by atoms with Crippen LogP contribution >= 0.6 is 11.3 Å². The van der Waals surface area contributed by atoms with Crippen LogP contribution in [0.1, 0.15) is 32.6 Å². The fourth-order valence-electron chi connectivity index (χ4n) is 2.88. The third-order valence-electron chi connectivity index (χ3n) is 4.34. The van der Waals surface area contributed by atoms with Gasteiger partial charge >= 0.3 is 11.9 Å². The molecule has 2 heterocycles. The topological polar surface area (TPSA) is 104 Å². The SMILES string of the molecule is CCOC(=O)c1sc2cccc(F)c2c1COC(=O)c1cc(S(=O)(=O)NC)cn1C. The molecule has 2 aromatic heterocycles. The molecule has 0 amide bonds. The van der Waals surface area contributed by atoms with Gasteiger partial charge in [0.15, 0.2) is 0 Å². The van der Waals surface area contributed by atoms with E-state index in [1.54, 1.807) is 13.0 Å². The molecular formula is C19H19FN2O6S2. The Morgan fingerprint density at radius 1 is 1.23 bits per heavy atom. The maximum absolute atomic E-state index is 14.4. The smallest absolute Gasteiger partial charge is 0.355 e. The molecule has 0 spiro atoms. The van der Waals surface area contributed by atoms with Crippen molar-refractivity contribution in [2.45, 2.75) is 18.4 Å². The van der Waals surface area contributed by atoms with Gasteiger partial charge in [-0.05, 0) is 32.2 Å². The molecule has 0 aliphatic carbocycles. The summed E-state index contributed by atoms with van der Waals surface area (Å²) < 4.78 is 52.6. The van der Waals surface area contributed by atoms with Crippen molar-refractivity contribution in [1.29, 1.82) is 0 Å². The zero-order valence-corrected chi connectivity index (χ0v) is 18.0. The number of aromatic nitrogens is 1. The Kier molecular flexibility index (Phi) is 6.25. The standard InChI is InChI=1S/C19H19FN2O6S2/c1-4-27-19(24)17-12(16-13(20)6-5-7-15(16)29-17)10-28-18(23)14-8-11(9-22(14)3)30(25,26)21-2/h5-9,21H,4,10H2,1-3H3. The molecule has 0 bridgehead atoms. The molecule has 0 aliphatic rings. The number of aryl methyl sites for hydroxylation is 1. The van der Waals surface area contributed by atoms with Crippen LogP contribution in [0.25, 0.3) is 10.1 Å². The molecule has 0 aliphatic heterocycles. The van der Waals surface area contributed by atoms with Crippen LogP contribution < -0.4 is 4.72 Å². The van der Waals surface area contributed by atoms with Gasteiger partial charge < -0.3 is 14.0 Å². The Hall–Kier alpha value is -2.76. The predicted octanol–water partition coefficient (Wildman–Crippen LogP) is 2.82. The van der Waals surface area contributed by atoms with E-state index in [0.29, 0.717) is 4.70 Å². The molecule has 8 nitrogen and oxygen atoms in total. The molecular weight excluding hydrogens is 435 g/mol. The van der Waals surface area contributed by atoms with Crippen molar-refractivity contribution in [1.82, 2.24) is 9.29 Å². The van der Waals surface area contributed by atoms with Crippen LogP contribution in [0.15, 0.2) is 35.4 Å². The van der Waals surface area contributed by atoms with Gasteiger partial charge in [-0.1, -0.05) is 6.07 Å². The molecule has 160 valence electrons. The number of nitrogens with zero attached hydrogens (tertiary/aromatic N) is 1. The summed E-state index contributed by atoms with van der Waals surface area (Å²) in [6.07, 6.45) is 1.27. The van der Waals surface area contributed by atoms with Crippen molar-refractivity contribution >= 4 is 43.4 Å². The van der Waals surface area contributed by atoms with E-state index in [9.17, 15) is 22.4 Å². The highest BCUT2D eigenvalue weighted by Gasteiger charge is 2.24. The second-order valence-corrected chi connectivity index (χ2v) is 9.14. The van der Waals surface area contributed by atoms with E-state index in [-0.39, 0.29) is 39.6 Å². The van der Waals surface area contributed by atoms with E-state index >= 15 is 0 Å². The van der Waals surface area contributed by atoms with Crippen LogP contribution in [0.3, 0.4) is 0 Å². The minimum Gasteiger partial charge on any atom is -0.462 e. The van der Waals surface area contributed by atoms with E-state index in [0.717, 1.165) is 11.3 Å². The Bertz CT molecular complexity index is 1230. The lowest BCUT2D eigenvalue weighted by atomic mass is 10.1. The van der Waals surface area contributed by atoms with Crippen molar-refractivity contribution in [3.05, 3.63) is 52.4 Å². The summed E-state index contributed by atoms with van der Waals surface area (Å²) in [6.45, 7) is 1.41. The van der Waals surface area contributed by atoms with E-state index < -0.39 is 27.8 Å². The van der Waals surface area contributed by atoms with Crippen LogP contribution in [0.5, 0.6) is 0 Å². The van der Waals surface area contributed by atoms with Gasteiger partial charge in [0.25, 0.3) is 0 Å². The highest BCUT2D eigenvalue weighted by atomic mass is 32.2. The number of benzene rings is 1. The van der Waals surface area contributed by atoms with Gasteiger partial charge in [0.1, 0.15) is 27.9 Å². The Balaban J connectivity index is 1.93. The predicted molar refractivity (Wildman–Crippen MR) is 109 cm³/mol. The number of fused-ring (bicyclic) bond motifs is 1. The molecule has 30 heavy (non-hydrogen) atoms. The summed E-state index contributed by atoms with van der Waals surface area (Å²) in [7, 11) is -0.986. The second-order valence-electron chi connectivity index (χ2n) is 6.20. The lowest BCUT2D eigenvalue weighted by Crippen LogP contribution is -2.17. The van der Waals surface area contributed by atoms with Gasteiger partial charge in [-0.15, -0.1) is 11.3 Å². The Morgan fingerprint density at radius 2 is 1.97 bits per heavy atom. The number of esters is 2. The number of carbonyl (C=O) groups excluding carboxylic acids is 2. The first-order valence-electron chi connectivity index (χ1n) is 8.83. The zero-order valence-electron chi connectivity index (χ0n) is 16.4. The number of thiophene rings is 1. The molecule has 3 aromatic rings. The molecule has 1 N–H and O–H groups in total. The minimum absolute atomic E-state index is 0.0125. The van der Waals surface area contributed by atoms with Gasteiger partial charge in [0.05, 0.1) is 6.61 Å². The summed E-state index contributed by atoms with van der Waals surface area (Å²) in [5.41, 5.74) is 0.193. The maximum atomic E-state index is 14.4. The Labute approximate surface area is 176 Å². The van der Waals surface area contributed by atoms with Gasteiger partial charge in [-0.2, -0.15) is 0 Å². The number of hydrogen-bond acceptors (Lipinski definition) is 7. The third kappa shape index (κ3) is 4.09. The maximum Gasteiger partial charge on any atom is 0.355 e. The average molecular weight is 455 g/mol. The van der Waals surface area contributed by atoms with E-state index in [2.05, 4.69) is 4.72 Å². The Morgan fingerprint density at radius 3 is 2.63 bits per heavy atom. The zero-order chi connectivity index (χ0) is 22.1. The van der Waals surface area contributed by atoms with Crippen molar-refractivity contribution in [2.24, 2.45) is 7.05 Å². The fourth-order valence-corrected chi connectivity index (χ4v) is 4.80. The van der Waals surface area contributed by atoms with Crippen molar-refractivity contribution in [3.8, 4) is 0 Å². The van der Waals surface area contributed by atoms with Gasteiger partial charge in [0.2, 0.25) is 10.0 Å². The lowest BCUT2D eigenvalue weighted by Gasteiger charge is -2.08. The third-order valence-corrected chi connectivity index (χ3v) is 6.90. The van der Waals surface area contributed by atoms with E-state index in [4.69, 9.17) is 9.47 Å². The molecule has 0 radical (unpaired) electrons. The number of rotatable bonds is 7. The molecule has 0 saturated carbocycles. The second kappa shape index (κ2) is 8.54. The summed E-state index contributed by atoms with van der Waals surface area (Å²) in [4.78, 5) is 24.9. The largest absolute Gasteiger partial charge is 0.462 e. The van der Waals surface area contributed by atoms with E-state index in [1.165, 1.54) is 43.1 Å². The van der Waals surface area contributed by atoms with Crippen LogP contribution in [0.2, 0.25) is 0 Å². The number of carbonyl (C=O) groups is 2. The highest BCUT2D eigenvalue weighted by molar-refractivity contribution is 7.89. The van der Waals surface area contributed by atoms with Crippen molar-refractivity contribution in [2.75, 3.05) is 13.7 Å². The fraction of sp³-hybridized carbons (Fsp3) is 0.263. The average Bonchev–Trinajstić information content (AvgIpc) is 3.28. The first-order chi connectivity index (χ1) is 14.2. The van der Waals surface area contributed by atoms with Gasteiger partial charge in [0, 0.05) is 28.9 Å². The molecule has 0 saturated heterocycles. The van der Waals surface area contributed by atoms with E-state index in [1.807, 2.05) is 0 Å². The number of nitrogens with one attached hydrogen (secondary N) is 1. The number of sulfonamides is 1. The lowest BCUT2D eigenvalue weighted by molar-refractivity contribution is 0.0445. The summed E-state index contributed by atoms with van der Waals surface area (Å²) >= 11 is 1.05. The number of hydrogen-bond donors (Lipinski definition) is 1. The highest BCUT2D eigenvalue weighted by Crippen LogP contribution is 2.34. The number of halogens is 1. The van der Waals surface area contributed by atoms with Crippen molar-refractivity contribution in [3.63, 3.8) is 0 Å². The molecule has 0 fully saturated rings. The van der Waals surface area contributed by atoms with Crippen molar-refractivity contribution < 1.29 is 31.9 Å². The summed E-state index contributed by atoms with van der Waals surface area (Å²) in [5, 5.41) is 0.184. The van der Waals surface area contributed by atoms with Gasteiger partial charge in [-0.25, -0.2) is 27.1 Å². The van der Waals surface area contributed by atoms with Gasteiger partial charge in [-0.3, -0.25) is 0 Å². The first-order valence-corrected chi connectivity index (χ1v) is 11.1. The minimum atomic E-state index is -3.74. The normalized spacial score (nSPS) is 11.6. The quantitative estimate of drug-likeness (QED) is 0.551. The molecule has 0 atom stereocenters. The summed E-state index contributed by atoms with van der Waals surface area (Å²) in [6, 6.07) is 5.60. The molecule has 1 aromatic carbocycles. The van der Waals surface area contributed by atoms with Crippen LogP contribution in [-0.4, -0.2) is 38.6 Å². The molecule has 0 unspecified atom stereocenters. The number of ether oxygens (including phenoxy) is 2. The van der Waals surface area contributed by atoms with Crippen LogP contribution in [-0.2, 0) is 33.2 Å². The van der Waals surface area contributed by atoms with Crippen LogP contribution in [0, 0.1) is 5.82 Å². The monoisotopic (exact) mass is 454 g/mol. The first kappa shape index (κ1) is 21.9. The molecule has 11 heteroatoms. The van der Waals surface area contributed by atoms with Crippen LogP contribution in [0.4, 0.5) is 4.39 Å².